The lowest BCUT2D eigenvalue weighted by Gasteiger charge is -2.01. The summed E-state index contributed by atoms with van der Waals surface area (Å²) in [5.41, 5.74) is 5.26. The highest BCUT2D eigenvalue weighted by molar-refractivity contribution is 7.13. The monoisotopic (exact) mass is 336 g/mol. The first-order chi connectivity index (χ1) is 10.2. The predicted molar refractivity (Wildman–Crippen MR) is 88.6 cm³/mol. The van der Waals surface area contributed by atoms with Crippen LogP contribution in [0.4, 0.5) is 5.82 Å². The maximum Gasteiger partial charge on any atom is 0.140 e. The largest absolute Gasteiger partial charge is 0.308 e. The smallest absolute Gasteiger partial charge is 0.140 e. The Labute approximate surface area is 135 Å². The van der Waals surface area contributed by atoms with Crippen LogP contribution in [0.3, 0.4) is 0 Å². The standard InChI is InChI=1S/C14H10Cl2N4S/c15-10-2-1-8(5-11(10)16)12-7-21-14(19-12)9-3-4-18-13(6-9)20-17/h1-7H,17H2,(H,18,20). The number of benzene rings is 1. The number of pyridine rings is 1. The van der Waals surface area contributed by atoms with Gasteiger partial charge in [-0.3, -0.25) is 0 Å². The summed E-state index contributed by atoms with van der Waals surface area (Å²) in [7, 11) is 0. The SMILES string of the molecule is NNc1cc(-c2nc(-c3ccc(Cl)c(Cl)c3)cs2)ccn1. The fourth-order valence-electron chi connectivity index (χ4n) is 1.84. The lowest BCUT2D eigenvalue weighted by Crippen LogP contribution is -2.08. The fraction of sp³-hybridized carbons (Fsp3) is 0. The Morgan fingerprint density at radius 1 is 1.05 bits per heavy atom. The first-order valence-corrected chi connectivity index (χ1v) is 7.65. The Kier molecular flexibility index (Phi) is 4.07. The molecule has 0 fully saturated rings. The van der Waals surface area contributed by atoms with Gasteiger partial charge in [0.15, 0.2) is 0 Å². The maximum atomic E-state index is 6.04. The molecule has 0 radical (unpaired) electrons. The second-order valence-corrected chi connectivity index (χ2v) is 5.91. The van der Waals surface area contributed by atoms with Gasteiger partial charge >= 0.3 is 0 Å². The van der Waals surface area contributed by atoms with Gasteiger partial charge in [-0.05, 0) is 24.3 Å². The number of nitrogens with one attached hydrogen (secondary N) is 1. The van der Waals surface area contributed by atoms with Gasteiger partial charge in [0.05, 0.1) is 15.7 Å². The van der Waals surface area contributed by atoms with Gasteiger partial charge in [0.2, 0.25) is 0 Å². The zero-order valence-electron chi connectivity index (χ0n) is 10.7. The van der Waals surface area contributed by atoms with Crippen LogP contribution in [0.5, 0.6) is 0 Å². The number of nitrogens with two attached hydrogens (primary N) is 1. The second kappa shape index (κ2) is 5.99. The first-order valence-electron chi connectivity index (χ1n) is 6.01. The average Bonchev–Trinajstić information content (AvgIpc) is 3.00. The normalized spacial score (nSPS) is 10.6. The van der Waals surface area contributed by atoms with Crippen LogP contribution in [0.2, 0.25) is 10.0 Å². The van der Waals surface area contributed by atoms with E-state index in [0.717, 1.165) is 21.8 Å². The molecule has 1 aromatic carbocycles. The Bertz CT molecular complexity index is 788. The lowest BCUT2D eigenvalue weighted by molar-refractivity contribution is 1.23. The van der Waals surface area contributed by atoms with Crippen molar-refractivity contribution in [2.45, 2.75) is 0 Å². The summed E-state index contributed by atoms with van der Waals surface area (Å²) in [6, 6.07) is 9.20. The van der Waals surface area contributed by atoms with Gasteiger partial charge in [-0.25, -0.2) is 15.8 Å². The third-order valence-corrected chi connectivity index (χ3v) is 4.50. The average molecular weight is 337 g/mol. The van der Waals surface area contributed by atoms with Crippen LogP contribution < -0.4 is 11.3 Å². The zero-order valence-corrected chi connectivity index (χ0v) is 13.0. The Morgan fingerprint density at radius 2 is 1.90 bits per heavy atom. The molecule has 106 valence electrons. The molecule has 0 aliphatic carbocycles. The van der Waals surface area contributed by atoms with Crippen molar-refractivity contribution in [2.24, 2.45) is 5.84 Å². The van der Waals surface area contributed by atoms with Crippen LogP contribution in [0.1, 0.15) is 0 Å². The molecule has 0 saturated carbocycles. The summed E-state index contributed by atoms with van der Waals surface area (Å²) in [6.45, 7) is 0. The van der Waals surface area contributed by atoms with Crippen molar-refractivity contribution in [1.29, 1.82) is 0 Å². The molecule has 3 rings (SSSR count). The van der Waals surface area contributed by atoms with Crippen LogP contribution in [-0.4, -0.2) is 9.97 Å². The van der Waals surface area contributed by atoms with Crippen molar-refractivity contribution in [1.82, 2.24) is 9.97 Å². The second-order valence-electron chi connectivity index (χ2n) is 4.24. The molecule has 2 aromatic heterocycles. The summed E-state index contributed by atoms with van der Waals surface area (Å²) in [5.74, 6) is 5.96. The molecule has 0 unspecified atom stereocenters. The third-order valence-electron chi connectivity index (χ3n) is 2.87. The van der Waals surface area contributed by atoms with Crippen molar-refractivity contribution in [3.8, 4) is 21.8 Å². The van der Waals surface area contributed by atoms with E-state index < -0.39 is 0 Å². The molecular weight excluding hydrogens is 327 g/mol. The van der Waals surface area contributed by atoms with Gasteiger partial charge in [0.1, 0.15) is 10.8 Å². The molecule has 0 saturated heterocycles. The summed E-state index contributed by atoms with van der Waals surface area (Å²) in [5, 5.41) is 3.91. The van der Waals surface area contributed by atoms with Gasteiger partial charge in [0, 0.05) is 22.7 Å². The minimum atomic E-state index is 0.516. The Morgan fingerprint density at radius 3 is 2.67 bits per heavy atom. The molecule has 7 heteroatoms. The molecule has 3 aromatic rings. The van der Waals surface area contributed by atoms with Crippen molar-refractivity contribution >= 4 is 40.4 Å². The maximum absolute atomic E-state index is 6.04. The van der Waals surface area contributed by atoms with Crippen molar-refractivity contribution in [2.75, 3.05) is 5.43 Å². The molecule has 3 N–H and O–H groups in total. The van der Waals surface area contributed by atoms with Gasteiger partial charge < -0.3 is 5.43 Å². The van der Waals surface area contributed by atoms with E-state index in [-0.39, 0.29) is 0 Å². The van der Waals surface area contributed by atoms with Crippen molar-refractivity contribution in [3.05, 3.63) is 52.0 Å². The number of hydrazine groups is 1. The van der Waals surface area contributed by atoms with E-state index in [9.17, 15) is 0 Å². The number of hydrogen-bond acceptors (Lipinski definition) is 5. The van der Waals surface area contributed by atoms with Gasteiger partial charge in [-0.2, -0.15) is 0 Å². The molecule has 0 spiro atoms. The van der Waals surface area contributed by atoms with E-state index >= 15 is 0 Å². The highest BCUT2D eigenvalue weighted by Crippen LogP contribution is 2.32. The van der Waals surface area contributed by atoms with Crippen LogP contribution in [0, 0.1) is 0 Å². The zero-order chi connectivity index (χ0) is 14.8. The highest BCUT2D eigenvalue weighted by Gasteiger charge is 2.09. The highest BCUT2D eigenvalue weighted by atomic mass is 35.5. The van der Waals surface area contributed by atoms with Gasteiger partial charge in [-0.1, -0.05) is 29.3 Å². The first kappa shape index (κ1) is 14.3. The van der Waals surface area contributed by atoms with Crippen molar-refractivity contribution in [3.63, 3.8) is 0 Å². The molecule has 2 heterocycles. The van der Waals surface area contributed by atoms with E-state index in [2.05, 4.69) is 15.4 Å². The number of rotatable bonds is 3. The number of hydrogen-bond donors (Lipinski definition) is 2. The number of halogens is 2. The number of anilines is 1. The summed E-state index contributed by atoms with van der Waals surface area (Å²) in [6.07, 6.45) is 1.69. The minimum absolute atomic E-state index is 0.516. The Balaban J connectivity index is 1.97. The number of nitrogen functional groups attached to an aromatic ring is 1. The Hall–Kier alpha value is -1.66. The van der Waals surface area contributed by atoms with E-state index in [1.165, 1.54) is 0 Å². The topological polar surface area (TPSA) is 63.8 Å². The number of aromatic nitrogens is 2. The molecule has 0 aliphatic heterocycles. The number of thiazole rings is 1. The third kappa shape index (κ3) is 3.01. The minimum Gasteiger partial charge on any atom is -0.308 e. The van der Waals surface area contributed by atoms with E-state index in [4.69, 9.17) is 29.0 Å². The van der Waals surface area contributed by atoms with Gasteiger partial charge in [0.25, 0.3) is 0 Å². The van der Waals surface area contributed by atoms with Gasteiger partial charge in [-0.15, -0.1) is 11.3 Å². The lowest BCUT2D eigenvalue weighted by atomic mass is 10.2. The molecule has 0 amide bonds. The van der Waals surface area contributed by atoms with E-state index in [1.807, 2.05) is 29.6 Å². The fourth-order valence-corrected chi connectivity index (χ4v) is 2.96. The molecule has 4 nitrogen and oxygen atoms in total. The van der Waals surface area contributed by atoms with E-state index in [1.54, 1.807) is 23.6 Å². The molecule has 0 atom stereocenters. The van der Waals surface area contributed by atoms with Crippen LogP contribution in [0.25, 0.3) is 21.8 Å². The molecule has 0 aliphatic rings. The molecular formula is C14H10Cl2N4S. The van der Waals surface area contributed by atoms with E-state index in [0.29, 0.717) is 15.9 Å². The molecule has 21 heavy (non-hydrogen) atoms. The van der Waals surface area contributed by atoms with Crippen LogP contribution in [0.15, 0.2) is 41.9 Å². The molecule has 0 bridgehead atoms. The van der Waals surface area contributed by atoms with Crippen LogP contribution in [-0.2, 0) is 0 Å². The van der Waals surface area contributed by atoms with Crippen LogP contribution >= 0.6 is 34.5 Å². The quantitative estimate of drug-likeness (QED) is 0.547. The summed E-state index contributed by atoms with van der Waals surface area (Å²) >= 11 is 13.5. The summed E-state index contributed by atoms with van der Waals surface area (Å²) < 4.78 is 0. The number of nitrogens with zero attached hydrogens (tertiary/aromatic N) is 2. The summed E-state index contributed by atoms with van der Waals surface area (Å²) in [4.78, 5) is 8.70. The predicted octanol–water partition coefficient (Wildman–Crippen LogP) is 4.46. The van der Waals surface area contributed by atoms with Crippen molar-refractivity contribution < 1.29 is 0 Å².